The SMILES string of the molecule is Cn1ccnc1Sc1cc2c(cc1Br)C(O)C(=O)N2. The standard InChI is InChI=1S/C12H10BrN3O2S/c1-16-3-2-14-12(16)19-9-5-8-6(4-7(9)13)10(17)11(18)15-8/h2-5,10,17H,1H3,(H,15,18). The Morgan fingerprint density at radius 3 is 3.00 bits per heavy atom. The van der Waals surface area contributed by atoms with Crippen LogP contribution in [0.4, 0.5) is 5.69 Å². The maximum atomic E-state index is 11.4. The minimum atomic E-state index is -1.08. The highest BCUT2D eigenvalue weighted by Crippen LogP contribution is 2.40. The van der Waals surface area contributed by atoms with E-state index in [2.05, 4.69) is 26.2 Å². The molecule has 0 aliphatic carbocycles. The zero-order chi connectivity index (χ0) is 13.6. The number of halogens is 1. The molecule has 3 rings (SSSR count). The summed E-state index contributed by atoms with van der Waals surface area (Å²) in [6, 6.07) is 3.61. The molecule has 0 bridgehead atoms. The number of nitrogens with one attached hydrogen (secondary N) is 1. The number of amides is 1. The van der Waals surface area contributed by atoms with Gasteiger partial charge >= 0.3 is 0 Å². The van der Waals surface area contributed by atoms with Gasteiger partial charge in [0.1, 0.15) is 0 Å². The van der Waals surface area contributed by atoms with E-state index in [1.165, 1.54) is 11.8 Å². The van der Waals surface area contributed by atoms with Gasteiger partial charge in [0.15, 0.2) is 11.3 Å². The van der Waals surface area contributed by atoms with Gasteiger partial charge in [0.2, 0.25) is 0 Å². The van der Waals surface area contributed by atoms with Crippen LogP contribution in [-0.4, -0.2) is 20.6 Å². The number of carbonyl (C=O) groups excluding carboxylic acids is 1. The summed E-state index contributed by atoms with van der Waals surface area (Å²) in [4.78, 5) is 16.6. The van der Waals surface area contributed by atoms with Crippen LogP contribution in [0.25, 0.3) is 0 Å². The molecule has 0 fully saturated rings. The Bertz CT molecular complexity index is 671. The number of aromatic nitrogens is 2. The monoisotopic (exact) mass is 339 g/mol. The molecule has 2 heterocycles. The van der Waals surface area contributed by atoms with Crippen molar-refractivity contribution in [2.45, 2.75) is 16.2 Å². The smallest absolute Gasteiger partial charge is 0.257 e. The van der Waals surface area contributed by atoms with E-state index >= 15 is 0 Å². The van der Waals surface area contributed by atoms with E-state index in [1.807, 2.05) is 23.9 Å². The fourth-order valence-corrected chi connectivity index (χ4v) is 3.32. The summed E-state index contributed by atoms with van der Waals surface area (Å²) in [5.74, 6) is -0.388. The number of aryl methyl sites for hydroxylation is 1. The first-order valence-electron chi connectivity index (χ1n) is 5.54. The van der Waals surface area contributed by atoms with E-state index < -0.39 is 6.10 Å². The average molecular weight is 340 g/mol. The number of hydrogen-bond acceptors (Lipinski definition) is 4. The van der Waals surface area contributed by atoms with Crippen molar-refractivity contribution in [1.82, 2.24) is 9.55 Å². The van der Waals surface area contributed by atoms with Crippen molar-refractivity contribution >= 4 is 39.3 Å². The Kier molecular flexibility index (Phi) is 3.12. The Labute approximate surface area is 122 Å². The first kappa shape index (κ1) is 12.7. The quantitative estimate of drug-likeness (QED) is 0.881. The zero-order valence-corrected chi connectivity index (χ0v) is 12.3. The third kappa shape index (κ3) is 2.18. The number of aliphatic hydroxyl groups excluding tert-OH is 1. The van der Waals surface area contributed by atoms with E-state index in [9.17, 15) is 9.90 Å². The van der Waals surface area contributed by atoms with Crippen LogP contribution in [0.3, 0.4) is 0 Å². The molecule has 1 unspecified atom stereocenters. The topological polar surface area (TPSA) is 67.1 Å². The predicted molar refractivity (Wildman–Crippen MR) is 75.1 cm³/mol. The predicted octanol–water partition coefficient (Wildman–Crippen LogP) is 2.32. The van der Waals surface area contributed by atoms with Crippen molar-refractivity contribution in [1.29, 1.82) is 0 Å². The molecule has 7 heteroatoms. The van der Waals surface area contributed by atoms with Crippen LogP contribution in [0, 0.1) is 0 Å². The van der Waals surface area contributed by atoms with E-state index in [0.717, 1.165) is 14.5 Å². The van der Waals surface area contributed by atoms with Crippen LogP contribution in [-0.2, 0) is 11.8 Å². The number of fused-ring (bicyclic) bond motifs is 1. The Balaban J connectivity index is 1.99. The molecule has 98 valence electrons. The summed E-state index contributed by atoms with van der Waals surface area (Å²) in [5, 5.41) is 13.2. The van der Waals surface area contributed by atoms with Gasteiger partial charge in [0.25, 0.3) is 5.91 Å². The Hall–Kier alpha value is -1.31. The zero-order valence-electron chi connectivity index (χ0n) is 9.92. The summed E-state index contributed by atoms with van der Waals surface area (Å²) >= 11 is 4.95. The van der Waals surface area contributed by atoms with Gasteiger partial charge in [0.05, 0.1) is 0 Å². The number of nitrogens with zero attached hydrogens (tertiary/aromatic N) is 2. The lowest BCUT2D eigenvalue weighted by molar-refractivity contribution is -0.123. The first-order chi connectivity index (χ1) is 9.06. The number of carbonyl (C=O) groups is 1. The molecule has 0 radical (unpaired) electrons. The maximum Gasteiger partial charge on any atom is 0.257 e. The molecule has 1 aliphatic heterocycles. The molecule has 19 heavy (non-hydrogen) atoms. The number of anilines is 1. The summed E-state index contributed by atoms with van der Waals surface area (Å²) in [7, 11) is 1.92. The highest BCUT2D eigenvalue weighted by Gasteiger charge is 2.29. The number of imidazole rings is 1. The number of hydrogen-bond donors (Lipinski definition) is 2. The molecule has 1 atom stereocenters. The fourth-order valence-electron chi connectivity index (χ4n) is 1.87. The van der Waals surface area contributed by atoms with Gasteiger partial charge in [-0.25, -0.2) is 4.98 Å². The number of benzene rings is 1. The van der Waals surface area contributed by atoms with Crippen molar-refractivity contribution in [2.75, 3.05) is 5.32 Å². The molecular formula is C12H10BrN3O2S. The molecule has 2 aromatic rings. The second-order valence-electron chi connectivity index (χ2n) is 4.18. The molecule has 0 saturated heterocycles. The first-order valence-corrected chi connectivity index (χ1v) is 7.15. The maximum absolute atomic E-state index is 11.4. The van der Waals surface area contributed by atoms with Crippen LogP contribution >= 0.6 is 27.7 Å². The molecule has 2 N–H and O–H groups in total. The highest BCUT2D eigenvalue weighted by molar-refractivity contribution is 9.10. The third-order valence-electron chi connectivity index (χ3n) is 2.88. The van der Waals surface area contributed by atoms with E-state index in [1.54, 1.807) is 12.3 Å². The van der Waals surface area contributed by atoms with Gasteiger partial charge in [-0.15, -0.1) is 0 Å². The van der Waals surface area contributed by atoms with Gasteiger partial charge in [-0.05, 0) is 28.1 Å². The van der Waals surface area contributed by atoms with Gasteiger partial charge in [0, 0.05) is 40.1 Å². The Morgan fingerprint density at radius 1 is 1.53 bits per heavy atom. The number of rotatable bonds is 2. The van der Waals surface area contributed by atoms with Crippen LogP contribution in [0.2, 0.25) is 0 Å². The van der Waals surface area contributed by atoms with E-state index in [0.29, 0.717) is 11.3 Å². The van der Waals surface area contributed by atoms with Gasteiger partial charge in [-0.2, -0.15) is 0 Å². The fraction of sp³-hybridized carbons (Fsp3) is 0.167. The highest BCUT2D eigenvalue weighted by atomic mass is 79.9. The van der Waals surface area contributed by atoms with Gasteiger partial charge in [-0.3, -0.25) is 4.79 Å². The molecule has 1 aliphatic rings. The minimum absolute atomic E-state index is 0.388. The van der Waals surface area contributed by atoms with E-state index in [4.69, 9.17) is 0 Å². The van der Waals surface area contributed by atoms with Crippen molar-refractivity contribution in [3.63, 3.8) is 0 Å². The summed E-state index contributed by atoms with van der Waals surface area (Å²) in [5.41, 5.74) is 1.25. The summed E-state index contributed by atoms with van der Waals surface area (Å²) < 4.78 is 2.74. The molecule has 5 nitrogen and oxygen atoms in total. The van der Waals surface area contributed by atoms with E-state index in [-0.39, 0.29) is 5.91 Å². The lowest BCUT2D eigenvalue weighted by atomic mass is 10.1. The molecular weight excluding hydrogens is 330 g/mol. The van der Waals surface area contributed by atoms with Crippen molar-refractivity contribution in [3.05, 3.63) is 34.6 Å². The normalized spacial score (nSPS) is 17.4. The second-order valence-corrected chi connectivity index (χ2v) is 6.05. The summed E-state index contributed by atoms with van der Waals surface area (Å²) in [6.07, 6.45) is 2.52. The van der Waals surface area contributed by atoms with Crippen molar-refractivity contribution < 1.29 is 9.90 Å². The lowest BCUT2D eigenvalue weighted by Crippen LogP contribution is -2.10. The molecule has 1 amide bonds. The van der Waals surface area contributed by atoms with Crippen molar-refractivity contribution in [3.8, 4) is 0 Å². The third-order valence-corrected chi connectivity index (χ3v) is 4.94. The summed E-state index contributed by atoms with van der Waals surface area (Å²) in [6.45, 7) is 0. The lowest BCUT2D eigenvalue weighted by Gasteiger charge is -2.08. The van der Waals surface area contributed by atoms with Crippen molar-refractivity contribution in [2.24, 2.45) is 7.05 Å². The second kappa shape index (κ2) is 4.66. The van der Waals surface area contributed by atoms with Crippen LogP contribution in [0.5, 0.6) is 0 Å². The van der Waals surface area contributed by atoms with Gasteiger partial charge in [-0.1, -0.05) is 11.8 Å². The van der Waals surface area contributed by atoms with Crippen LogP contribution in [0.1, 0.15) is 11.7 Å². The average Bonchev–Trinajstić information content (AvgIpc) is 2.88. The largest absolute Gasteiger partial charge is 0.378 e. The molecule has 0 saturated carbocycles. The minimum Gasteiger partial charge on any atom is -0.378 e. The molecule has 1 aromatic heterocycles. The van der Waals surface area contributed by atoms with Gasteiger partial charge < -0.3 is 15.0 Å². The Morgan fingerprint density at radius 2 is 2.32 bits per heavy atom. The van der Waals surface area contributed by atoms with Crippen LogP contribution in [0.15, 0.2) is 39.1 Å². The van der Waals surface area contributed by atoms with Crippen LogP contribution < -0.4 is 5.32 Å². The molecule has 0 spiro atoms. The molecule has 1 aromatic carbocycles. The number of aliphatic hydroxyl groups is 1.